The smallest absolute Gasteiger partial charge is 0.213 e. The molecular formula is C14H14FN3O2. The van der Waals surface area contributed by atoms with Gasteiger partial charge in [-0.3, -0.25) is 9.97 Å². The Morgan fingerprint density at radius 3 is 2.85 bits per heavy atom. The molecule has 1 N–H and O–H groups in total. The summed E-state index contributed by atoms with van der Waals surface area (Å²) < 4.78 is 19.0. The molecule has 5 nitrogen and oxygen atoms in total. The molecule has 0 saturated carbocycles. The summed E-state index contributed by atoms with van der Waals surface area (Å²) >= 11 is 0. The van der Waals surface area contributed by atoms with Gasteiger partial charge in [-0.2, -0.15) is 0 Å². The fraction of sp³-hybridized carbons (Fsp3) is 0.214. The summed E-state index contributed by atoms with van der Waals surface area (Å²) in [6, 6.07) is 1.49. The Morgan fingerprint density at radius 2 is 2.20 bits per heavy atom. The maximum Gasteiger partial charge on any atom is 0.213 e. The lowest BCUT2D eigenvalue weighted by Gasteiger charge is -2.09. The van der Waals surface area contributed by atoms with Crippen LogP contribution in [0.15, 0.2) is 36.9 Å². The summed E-state index contributed by atoms with van der Waals surface area (Å²) in [6.45, 7) is -0.0341. The second-order valence-electron chi connectivity index (χ2n) is 3.93. The Labute approximate surface area is 115 Å². The lowest BCUT2D eigenvalue weighted by atomic mass is 10.0. The average molecular weight is 275 g/mol. The number of ether oxygens (including phenoxy) is 1. The number of halogens is 1. The summed E-state index contributed by atoms with van der Waals surface area (Å²) in [5.41, 5.74) is 1.38. The molecule has 0 aliphatic rings. The van der Waals surface area contributed by atoms with Gasteiger partial charge < -0.3 is 9.84 Å². The second kappa shape index (κ2) is 6.72. The lowest BCUT2D eigenvalue weighted by Crippen LogP contribution is -1.99. The minimum absolute atomic E-state index is 0.0341. The zero-order valence-electron chi connectivity index (χ0n) is 11.0. The molecule has 0 fully saturated rings. The third-order valence-electron chi connectivity index (χ3n) is 2.65. The van der Waals surface area contributed by atoms with E-state index < -0.39 is 5.82 Å². The number of aromatic nitrogens is 3. The van der Waals surface area contributed by atoms with Gasteiger partial charge in [0.05, 0.1) is 25.2 Å². The van der Waals surface area contributed by atoms with Gasteiger partial charge in [-0.25, -0.2) is 9.37 Å². The number of aliphatic hydroxyl groups excluding tert-OH is 1. The van der Waals surface area contributed by atoms with Crippen LogP contribution in [0.3, 0.4) is 0 Å². The van der Waals surface area contributed by atoms with Crippen molar-refractivity contribution in [2.75, 3.05) is 13.7 Å². The molecule has 0 saturated heterocycles. The number of methoxy groups -OCH3 is 1. The van der Waals surface area contributed by atoms with Crippen molar-refractivity contribution in [3.63, 3.8) is 0 Å². The summed E-state index contributed by atoms with van der Waals surface area (Å²) in [5.74, 6) is -0.180. The fourth-order valence-corrected chi connectivity index (χ4v) is 1.74. The van der Waals surface area contributed by atoms with Gasteiger partial charge in [-0.05, 0) is 6.42 Å². The highest BCUT2D eigenvalue weighted by Gasteiger charge is 2.13. The van der Waals surface area contributed by atoms with E-state index in [2.05, 4.69) is 15.0 Å². The third kappa shape index (κ3) is 3.16. The van der Waals surface area contributed by atoms with E-state index in [0.717, 1.165) is 6.20 Å². The molecule has 2 rings (SSSR count). The van der Waals surface area contributed by atoms with E-state index in [1.165, 1.54) is 31.8 Å². The molecule has 0 bridgehead atoms. The van der Waals surface area contributed by atoms with Crippen molar-refractivity contribution in [1.29, 1.82) is 0 Å². The van der Waals surface area contributed by atoms with Crippen molar-refractivity contribution in [1.82, 2.24) is 15.0 Å². The van der Waals surface area contributed by atoms with Crippen molar-refractivity contribution in [2.45, 2.75) is 6.42 Å². The monoisotopic (exact) mass is 275 g/mol. The molecule has 6 heteroatoms. The first-order chi connectivity index (χ1) is 9.76. The zero-order valence-corrected chi connectivity index (χ0v) is 11.0. The minimum atomic E-state index is -0.486. The van der Waals surface area contributed by atoms with E-state index in [-0.39, 0.29) is 6.61 Å². The van der Waals surface area contributed by atoms with E-state index in [0.29, 0.717) is 29.1 Å². The summed E-state index contributed by atoms with van der Waals surface area (Å²) in [5, 5.41) is 8.97. The highest BCUT2D eigenvalue weighted by atomic mass is 19.1. The first-order valence-corrected chi connectivity index (χ1v) is 6.03. The van der Waals surface area contributed by atoms with Crippen molar-refractivity contribution < 1.29 is 14.2 Å². The van der Waals surface area contributed by atoms with Crippen LogP contribution in [0.2, 0.25) is 0 Å². The SMILES string of the molecule is COc1cc(C(=CCCO)c2cnccn2)c(F)cn1. The van der Waals surface area contributed by atoms with Crippen molar-refractivity contribution in [3.05, 3.63) is 54.0 Å². The van der Waals surface area contributed by atoms with Gasteiger partial charge in [-0.15, -0.1) is 0 Å². The second-order valence-corrected chi connectivity index (χ2v) is 3.93. The molecule has 0 aliphatic heterocycles. The van der Waals surface area contributed by atoms with Gasteiger partial charge in [0.2, 0.25) is 5.88 Å². The van der Waals surface area contributed by atoms with E-state index in [1.54, 1.807) is 6.08 Å². The van der Waals surface area contributed by atoms with Crippen LogP contribution in [0.4, 0.5) is 4.39 Å². The fourth-order valence-electron chi connectivity index (χ4n) is 1.74. The Morgan fingerprint density at radius 1 is 1.35 bits per heavy atom. The Balaban J connectivity index is 2.52. The highest BCUT2D eigenvalue weighted by molar-refractivity contribution is 5.78. The van der Waals surface area contributed by atoms with E-state index in [9.17, 15) is 4.39 Å². The molecule has 0 aliphatic carbocycles. The van der Waals surface area contributed by atoms with Crippen LogP contribution in [0.5, 0.6) is 5.88 Å². The van der Waals surface area contributed by atoms with E-state index in [1.807, 2.05) is 0 Å². The number of hydrogen-bond donors (Lipinski definition) is 1. The lowest BCUT2D eigenvalue weighted by molar-refractivity contribution is 0.303. The Kier molecular flexibility index (Phi) is 4.73. The van der Waals surface area contributed by atoms with Crippen molar-refractivity contribution in [2.24, 2.45) is 0 Å². The summed E-state index contributed by atoms with van der Waals surface area (Å²) in [7, 11) is 1.46. The van der Waals surface area contributed by atoms with Gasteiger partial charge in [0.25, 0.3) is 0 Å². The first kappa shape index (κ1) is 14.1. The molecule has 2 aromatic heterocycles. The van der Waals surface area contributed by atoms with Crippen LogP contribution in [0, 0.1) is 5.82 Å². The van der Waals surface area contributed by atoms with Crippen LogP contribution < -0.4 is 4.74 Å². The number of hydrogen-bond acceptors (Lipinski definition) is 5. The maximum absolute atomic E-state index is 14.0. The molecule has 0 unspecified atom stereocenters. The topological polar surface area (TPSA) is 68.1 Å². The van der Waals surface area contributed by atoms with Crippen molar-refractivity contribution in [3.8, 4) is 5.88 Å². The molecule has 0 atom stereocenters. The summed E-state index contributed by atoms with van der Waals surface area (Å²) in [6.07, 6.45) is 7.79. The third-order valence-corrected chi connectivity index (χ3v) is 2.65. The normalized spacial score (nSPS) is 11.4. The molecule has 2 aromatic rings. The van der Waals surface area contributed by atoms with Gasteiger partial charge in [0, 0.05) is 36.2 Å². The molecule has 0 spiro atoms. The molecule has 0 amide bonds. The molecule has 2 heterocycles. The molecule has 0 radical (unpaired) electrons. The van der Waals surface area contributed by atoms with Gasteiger partial charge in [0.15, 0.2) is 0 Å². The van der Waals surface area contributed by atoms with Gasteiger partial charge >= 0.3 is 0 Å². The van der Waals surface area contributed by atoms with Crippen LogP contribution >= 0.6 is 0 Å². The highest BCUT2D eigenvalue weighted by Crippen LogP contribution is 2.26. The minimum Gasteiger partial charge on any atom is -0.481 e. The molecule has 0 aromatic carbocycles. The quantitative estimate of drug-likeness (QED) is 0.901. The zero-order chi connectivity index (χ0) is 14.4. The van der Waals surface area contributed by atoms with Gasteiger partial charge in [0.1, 0.15) is 5.82 Å². The standard InChI is InChI=1S/C14H14FN3O2/c1-20-14-7-11(12(15)8-18-14)10(3-2-6-19)13-9-16-4-5-17-13/h3-5,7-9,19H,2,6H2,1H3. The first-order valence-electron chi connectivity index (χ1n) is 6.03. The summed E-state index contributed by atoms with van der Waals surface area (Å²) in [4.78, 5) is 11.9. The number of aliphatic hydroxyl groups is 1. The van der Waals surface area contributed by atoms with Crippen LogP contribution in [-0.4, -0.2) is 33.8 Å². The van der Waals surface area contributed by atoms with Crippen LogP contribution in [0.25, 0.3) is 5.57 Å². The molecular weight excluding hydrogens is 261 g/mol. The maximum atomic E-state index is 14.0. The van der Waals surface area contributed by atoms with Crippen LogP contribution in [-0.2, 0) is 0 Å². The molecule has 104 valence electrons. The Hall–Kier alpha value is -2.34. The van der Waals surface area contributed by atoms with Crippen LogP contribution in [0.1, 0.15) is 17.7 Å². The Bertz CT molecular complexity index is 603. The predicted octanol–water partition coefficient (Wildman–Crippen LogP) is 1.83. The number of nitrogens with zero attached hydrogens (tertiary/aromatic N) is 3. The number of rotatable bonds is 5. The molecule has 20 heavy (non-hydrogen) atoms. The largest absolute Gasteiger partial charge is 0.481 e. The van der Waals surface area contributed by atoms with E-state index in [4.69, 9.17) is 9.84 Å². The van der Waals surface area contributed by atoms with E-state index >= 15 is 0 Å². The predicted molar refractivity (Wildman–Crippen MR) is 71.6 cm³/mol. The number of pyridine rings is 1. The van der Waals surface area contributed by atoms with Crippen molar-refractivity contribution >= 4 is 5.57 Å². The average Bonchev–Trinajstić information content (AvgIpc) is 2.50. The van der Waals surface area contributed by atoms with Gasteiger partial charge in [-0.1, -0.05) is 6.08 Å².